The molecule has 1 atom stereocenters. The molecule has 0 aliphatic heterocycles. The van der Waals surface area contributed by atoms with Gasteiger partial charge in [0, 0.05) is 0 Å². The summed E-state index contributed by atoms with van der Waals surface area (Å²) in [7, 11) is 0. The van der Waals surface area contributed by atoms with Crippen LogP contribution >= 0.6 is 11.3 Å². The lowest BCUT2D eigenvalue weighted by molar-refractivity contribution is -0.118. The van der Waals surface area contributed by atoms with E-state index in [-0.39, 0.29) is 5.91 Å². The summed E-state index contributed by atoms with van der Waals surface area (Å²) in [5.41, 5.74) is 2.33. The molecule has 0 aliphatic carbocycles. The summed E-state index contributed by atoms with van der Waals surface area (Å²) >= 11 is 1.25. The summed E-state index contributed by atoms with van der Waals surface area (Å²) in [6, 6.07) is 8.60. The van der Waals surface area contributed by atoms with Crippen LogP contribution in [0.2, 0.25) is 0 Å². The molecule has 9 heteroatoms. The average Bonchev–Trinajstić information content (AvgIpc) is 3.14. The van der Waals surface area contributed by atoms with Gasteiger partial charge in [0.05, 0.1) is 0 Å². The first-order valence-corrected chi connectivity index (χ1v) is 6.57. The van der Waals surface area contributed by atoms with Gasteiger partial charge in [-0.3, -0.25) is 10.1 Å². The molecule has 0 spiro atoms. The maximum atomic E-state index is 12.4. The molecule has 0 aliphatic rings. The van der Waals surface area contributed by atoms with Gasteiger partial charge in [-0.05, 0) is 16.0 Å². The SMILES string of the molecule is O=C(Nc1nncs1)[C@H](c1ccccc1)n1cnnn1. The number of hydrogen-bond acceptors (Lipinski definition) is 7. The first kappa shape index (κ1) is 12.4. The van der Waals surface area contributed by atoms with E-state index in [9.17, 15) is 4.79 Å². The molecule has 3 aromatic rings. The van der Waals surface area contributed by atoms with Crippen LogP contribution in [0.25, 0.3) is 0 Å². The quantitative estimate of drug-likeness (QED) is 0.760. The van der Waals surface area contributed by atoms with E-state index in [2.05, 4.69) is 31.0 Å². The van der Waals surface area contributed by atoms with Crippen LogP contribution in [-0.4, -0.2) is 36.3 Å². The molecule has 0 bridgehead atoms. The molecule has 3 rings (SSSR count). The highest BCUT2D eigenvalue weighted by Crippen LogP contribution is 2.19. The molecule has 2 aromatic heterocycles. The zero-order valence-corrected chi connectivity index (χ0v) is 10.9. The molecule has 1 aromatic carbocycles. The van der Waals surface area contributed by atoms with Crippen LogP contribution in [0.3, 0.4) is 0 Å². The number of nitrogens with zero attached hydrogens (tertiary/aromatic N) is 6. The lowest BCUT2D eigenvalue weighted by Crippen LogP contribution is -2.27. The third-order valence-corrected chi connectivity index (χ3v) is 3.19. The zero-order valence-electron chi connectivity index (χ0n) is 10.1. The van der Waals surface area contributed by atoms with Gasteiger partial charge in [-0.1, -0.05) is 41.7 Å². The maximum absolute atomic E-state index is 12.4. The molecule has 0 saturated heterocycles. The molecule has 20 heavy (non-hydrogen) atoms. The second kappa shape index (κ2) is 5.53. The monoisotopic (exact) mass is 287 g/mol. The second-order valence-electron chi connectivity index (χ2n) is 3.84. The van der Waals surface area contributed by atoms with Gasteiger partial charge >= 0.3 is 0 Å². The normalized spacial score (nSPS) is 12.0. The number of hydrogen-bond donors (Lipinski definition) is 1. The van der Waals surface area contributed by atoms with Crippen molar-refractivity contribution in [2.45, 2.75) is 6.04 Å². The van der Waals surface area contributed by atoms with Crippen molar-refractivity contribution >= 4 is 22.4 Å². The van der Waals surface area contributed by atoms with E-state index >= 15 is 0 Å². The Bertz CT molecular complexity index is 668. The Kier molecular flexibility index (Phi) is 3.42. The smallest absolute Gasteiger partial charge is 0.255 e. The standard InChI is InChI=1S/C11H9N7OS/c19-10(14-11-15-13-7-20-11)9(18-6-12-16-17-18)8-4-2-1-3-5-8/h1-7,9H,(H,14,15,19)/t9-/m0/s1. The van der Waals surface area contributed by atoms with E-state index in [0.29, 0.717) is 5.13 Å². The number of amides is 1. The van der Waals surface area contributed by atoms with Crippen LogP contribution in [-0.2, 0) is 4.79 Å². The number of aromatic nitrogens is 6. The van der Waals surface area contributed by atoms with Crippen molar-refractivity contribution in [2.24, 2.45) is 0 Å². The molecule has 0 unspecified atom stereocenters. The Morgan fingerprint density at radius 3 is 2.75 bits per heavy atom. The van der Waals surface area contributed by atoms with Gasteiger partial charge in [-0.2, -0.15) is 0 Å². The number of carbonyl (C=O) groups excluding carboxylic acids is 1. The van der Waals surface area contributed by atoms with Crippen molar-refractivity contribution in [3.8, 4) is 0 Å². The van der Waals surface area contributed by atoms with Crippen molar-refractivity contribution in [1.82, 2.24) is 30.4 Å². The topological polar surface area (TPSA) is 98.5 Å². The minimum absolute atomic E-state index is 0.278. The minimum atomic E-state index is -0.657. The molecule has 8 nitrogen and oxygen atoms in total. The third kappa shape index (κ3) is 2.52. The van der Waals surface area contributed by atoms with Gasteiger partial charge in [0.2, 0.25) is 5.13 Å². The predicted octanol–water partition coefficient (Wildman–Crippen LogP) is 0.753. The van der Waals surface area contributed by atoms with Gasteiger partial charge in [0.15, 0.2) is 6.04 Å². The molecule has 0 fully saturated rings. The van der Waals surface area contributed by atoms with Crippen LogP contribution in [0, 0.1) is 0 Å². The van der Waals surface area contributed by atoms with Crippen molar-refractivity contribution in [3.63, 3.8) is 0 Å². The van der Waals surface area contributed by atoms with Gasteiger partial charge < -0.3 is 0 Å². The largest absolute Gasteiger partial charge is 0.298 e. The highest BCUT2D eigenvalue weighted by molar-refractivity contribution is 7.13. The molecule has 2 heterocycles. The molecule has 1 N–H and O–H groups in total. The highest BCUT2D eigenvalue weighted by atomic mass is 32.1. The van der Waals surface area contributed by atoms with Gasteiger partial charge in [0.25, 0.3) is 5.91 Å². The Morgan fingerprint density at radius 1 is 1.25 bits per heavy atom. The van der Waals surface area contributed by atoms with Crippen LogP contribution in [0.15, 0.2) is 42.2 Å². The fourth-order valence-electron chi connectivity index (χ4n) is 1.75. The first-order valence-electron chi connectivity index (χ1n) is 5.69. The minimum Gasteiger partial charge on any atom is -0.298 e. The fourth-order valence-corrected chi connectivity index (χ4v) is 2.20. The molecule has 0 saturated carbocycles. The molecule has 1 amide bonds. The van der Waals surface area contributed by atoms with Gasteiger partial charge in [0.1, 0.15) is 11.8 Å². The average molecular weight is 287 g/mol. The predicted molar refractivity (Wildman–Crippen MR) is 70.9 cm³/mol. The van der Waals surface area contributed by atoms with E-state index in [1.54, 1.807) is 5.51 Å². The number of anilines is 1. The van der Waals surface area contributed by atoms with Crippen molar-refractivity contribution in [3.05, 3.63) is 47.7 Å². The lowest BCUT2D eigenvalue weighted by Gasteiger charge is -2.15. The summed E-state index contributed by atoms with van der Waals surface area (Å²) in [5.74, 6) is -0.278. The van der Waals surface area contributed by atoms with Crippen LogP contribution in [0.4, 0.5) is 5.13 Å². The van der Waals surface area contributed by atoms with Crippen LogP contribution in [0.1, 0.15) is 11.6 Å². The van der Waals surface area contributed by atoms with Gasteiger partial charge in [-0.15, -0.1) is 15.3 Å². The van der Waals surface area contributed by atoms with E-state index < -0.39 is 6.04 Å². The summed E-state index contributed by atoms with van der Waals surface area (Å²) in [5, 5.41) is 21.6. The van der Waals surface area contributed by atoms with E-state index in [1.807, 2.05) is 30.3 Å². The molecular weight excluding hydrogens is 278 g/mol. The summed E-state index contributed by atoms with van der Waals surface area (Å²) in [4.78, 5) is 12.4. The second-order valence-corrected chi connectivity index (χ2v) is 4.67. The Balaban J connectivity index is 1.92. The van der Waals surface area contributed by atoms with E-state index in [4.69, 9.17) is 0 Å². The van der Waals surface area contributed by atoms with E-state index in [0.717, 1.165) is 5.56 Å². The van der Waals surface area contributed by atoms with Crippen molar-refractivity contribution < 1.29 is 4.79 Å². The number of rotatable bonds is 4. The Labute approximate surface area is 117 Å². The lowest BCUT2D eigenvalue weighted by atomic mass is 10.1. The molecule has 0 radical (unpaired) electrons. The molecular formula is C11H9N7OS. The van der Waals surface area contributed by atoms with Crippen molar-refractivity contribution in [2.75, 3.05) is 5.32 Å². The number of nitrogens with one attached hydrogen (secondary N) is 1. The summed E-state index contributed by atoms with van der Waals surface area (Å²) < 4.78 is 1.39. The number of tetrazole rings is 1. The Hall–Kier alpha value is -2.68. The van der Waals surface area contributed by atoms with Crippen molar-refractivity contribution in [1.29, 1.82) is 0 Å². The van der Waals surface area contributed by atoms with Crippen LogP contribution < -0.4 is 5.32 Å². The summed E-state index contributed by atoms with van der Waals surface area (Å²) in [6.07, 6.45) is 1.40. The zero-order chi connectivity index (χ0) is 13.8. The molecule has 100 valence electrons. The number of carbonyl (C=O) groups is 1. The van der Waals surface area contributed by atoms with Gasteiger partial charge in [-0.25, -0.2) is 4.68 Å². The fraction of sp³-hybridized carbons (Fsp3) is 0.0909. The number of benzene rings is 1. The van der Waals surface area contributed by atoms with E-state index in [1.165, 1.54) is 22.3 Å². The maximum Gasteiger partial charge on any atom is 0.255 e. The first-order chi connectivity index (χ1) is 9.84. The Morgan fingerprint density at radius 2 is 2.10 bits per heavy atom. The van der Waals surface area contributed by atoms with Crippen LogP contribution in [0.5, 0.6) is 0 Å². The summed E-state index contributed by atoms with van der Waals surface area (Å²) in [6.45, 7) is 0. The third-order valence-electron chi connectivity index (χ3n) is 2.58. The highest BCUT2D eigenvalue weighted by Gasteiger charge is 2.24.